The summed E-state index contributed by atoms with van der Waals surface area (Å²) in [5.41, 5.74) is 0.494. The average molecular weight is 299 g/mol. The molecular formula is C16H17N3O3. The lowest BCUT2D eigenvalue weighted by molar-refractivity contribution is -0.147. The summed E-state index contributed by atoms with van der Waals surface area (Å²) in [5, 5.41) is 13.4. The summed E-state index contributed by atoms with van der Waals surface area (Å²) in [6.07, 6.45) is 3.96. The topological polar surface area (TPSA) is 75.4 Å². The molecule has 2 aromatic rings. The minimum atomic E-state index is -0.854. The maximum Gasteiger partial charge on any atom is 0.311 e. The number of nitrogens with zero attached hydrogens (tertiary/aromatic N) is 3. The Morgan fingerprint density at radius 3 is 2.77 bits per heavy atom. The minimum absolute atomic E-state index is 0.140. The highest BCUT2D eigenvalue weighted by atomic mass is 16.4. The second-order valence-electron chi connectivity index (χ2n) is 5.84. The van der Waals surface area contributed by atoms with E-state index in [-0.39, 0.29) is 12.5 Å². The van der Waals surface area contributed by atoms with Crippen molar-refractivity contribution in [1.82, 2.24) is 14.7 Å². The molecule has 0 saturated carbocycles. The Labute approximate surface area is 128 Å². The number of amides is 1. The third-order valence-electron chi connectivity index (χ3n) is 4.14. The van der Waals surface area contributed by atoms with Crippen molar-refractivity contribution < 1.29 is 14.7 Å². The number of carbonyl (C=O) groups excluding carboxylic acids is 1. The van der Waals surface area contributed by atoms with Gasteiger partial charge in [0.25, 0.3) is 5.91 Å². The Morgan fingerprint density at radius 2 is 2.14 bits per heavy atom. The predicted octanol–water partition coefficient (Wildman–Crippen LogP) is 1.81. The Balaban J connectivity index is 1.82. The fourth-order valence-electron chi connectivity index (χ4n) is 2.69. The van der Waals surface area contributed by atoms with Crippen LogP contribution in [0.15, 0.2) is 42.7 Å². The molecule has 1 saturated heterocycles. The molecule has 22 heavy (non-hydrogen) atoms. The van der Waals surface area contributed by atoms with E-state index in [1.807, 2.05) is 12.1 Å². The first-order valence-corrected chi connectivity index (χ1v) is 7.12. The first-order chi connectivity index (χ1) is 10.5. The van der Waals surface area contributed by atoms with Gasteiger partial charge in [-0.15, -0.1) is 0 Å². The van der Waals surface area contributed by atoms with Gasteiger partial charge >= 0.3 is 5.97 Å². The molecule has 3 rings (SSSR count). The van der Waals surface area contributed by atoms with Crippen LogP contribution in [0.25, 0.3) is 5.69 Å². The molecule has 114 valence electrons. The summed E-state index contributed by atoms with van der Waals surface area (Å²) in [5.74, 6) is -0.993. The van der Waals surface area contributed by atoms with Gasteiger partial charge in [-0.2, -0.15) is 5.10 Å². The zero-order valence-electron chi connectivity index (χ0n) is 12.3. The number of rotatable bonds is 3. The number of carbonyl (C=O) groups is 2. The summed E-state index contributed by atoms with van der Waals surface area (Å²) in [6.45, 7) is 2.39. The number of likely N-dealkylation sites (tertiary alicyclic amines) is 1. The van der Waals surface area contributed by atoms with E-state index in [1.54, 1.807) is 47.1 Å². The maximum atomic E-state index is 12.6. The Hall–Kier alpha value is -2.63. The molecule has 1 aliphatic rings. The fraction of sp³-hybridized carbons (Fsp3) is 0.312. The van der Waals surface area contributed by atoms with Crippen molar-refractivity contribution in [2.75, 3.05) is 13.1 Å². The van der Waals surface area contributed by atoms with Gasteiger partial charge in [0.15, 0.2) is 0 Å². The van der Waals surface area contributed by atoms with Gasteiger partial charge in [0, 0.05) is 31.0 Å². The Bertz CT molecular complexity index is 711. The van der Waals surface area contributed by atoms with Crippen molar-refractivity contribution in [1.29, 1.82) is 0 Å². The van der Waals surface area contributed by atoms with Crippen LogP contribution in [0.5, 0.6) is 0 Å². The van der Waals surface area contributed by atoms with Crippen LogP contribution >= 0.6 is 0 Å². The molecule has 1 amide bonds. The van der Waals surface area contributed by atoms with Crippen LogP contribution in [0.2, 0.25) is 0 Å². The fourth-order valence-corrected chi connectivity index (χ4v) is 2.69. The van der Waals surface area contributed by atoms with Crippen molar-refractivity contribution in [3.63, 3.8) is 0 Å². The van der Waals surface area contributed by atoms with E-state index in [2.05, 4.69) is 5.10 Å². The molecule has 0 spiro atoms. The van der Waals surface area contributed by atoms with Gasteiger partial charge in [-0.3, -0.25) is 9.59 Å². The van der Waals surface area contributed by atoms with Gasteiger partial charge in [-0.25, -0.2) is 4.68 Å². The molecule has 1 aromatic heterocycles. The van der Waals surface area contributed by atoms with Crippen LogP contribution in [0, 0.1) is 5.41 Å². The normalized spacial score (nSPS) is 21.0. The molecule has 2 heterocycles. The van der Waals surface area contributed by atoms with Crippen LogP contribution in [0.3, 0.4) is 0 Å². The zero-order chi connectivity index (χ0) is 15.7. The van der Waals surface area contributed by atoms with Crippen LogP contribution in [-0.2, 0) is 4.79 Å². The summed E-state index contributed by atoms with van der Waals surface area (Å²) in [4.78, 5) is 25.5. The van der Waals surface area contributed by atoms with Gasteiger partial charge in [0.05, 0.1) is 11.1 Å². The molecule has 1 fully saturated rings. The molecule has 1 aliphatic heterocycles. The molecule has 0 radical (unpaired) electrons. The van der Waals surface area contributed by atoms with E-state index in [1.165, 1.54) is 0 Å². The molecule has 0 aliphatic carbocycles. The molecule has 6 heteroatoms. The lowest BCUT2D eigenvalue weighted by Gasteiger charge is -2.20. The van der Waals surface area contributed by atoms with E-state index in [4.69, 9.17) is 0 Å². The highest BCUT2D eigenvalue weighted by Gasteiger charge is 2.42. The molecule has 1 N–H and O–H groups in total. The average Bonchev–Trinajstić information content (AvgIpc) is 3.17. The molecule has 6 nitrogen and oxygen atoms in total. The Kier molecular flexibility index (Phi) is 3.44. The number of aliphatic carboxylic acids is 1. The summed E-state index contributed by atoms with van der Waals surface area (Å²) >= 11 is 0. The zero-order valence-corrected chi connectivity index (χ0v) is 12.3. The van der Waals surface area contributed by atoms with Crippen molar-refractivity contribution in [3.05, 3.63) is 48.3 Å². The SMILES string of the molecule is C[C@]1(C(=O)O)CCN(C(=O)c2cccc(-n3cccn3)c2)C1. The monoisotopic (exact) mass is 299 g/mol. The van der Waals surface area contributed by atoms with Gasteiger partial charge < -0.3 is 10.0 Å². The highest BCUT2D eigenvalue weighted by molar-refractivity contribution is 5.95. The molecule has 0 unspecified atom stereocenters. The van der Waals surface area contributed by atoms with Crippen molar-refractivity contribution in [3.8, 4) is 5.69 Å². The van der Waals surface area contributed by atoms with E-state index >= 15 is 0 Å². The highest BCUT2D eigenvalue weighted by Crippen LogP contribution is 2.31. The lowest BCUT2D eigenvalue weighted by Crippen LogP contribution is -2.34. The predicted molar refractivity (Wildman–Crippen MR) is 79.8 cm³/mol. The molecule has 1 atom stereocenters. The molecular weight excluding hydrogens is 282 g/mol. The first-order valence-electron chi connectivity index (χ1n) is 7.12. The third-order valence-corrected chi connectivity index (χ3v) is 4.14. The van der Waals surface area contributed by atoms with Crippen molar-refractivity contribution in [2.45, 2.75) is 13.3 Å². The summed E-state index contributed by atoms with van der Waals surface area (Å²) in [7, 11) is 0. The van der Waals surface area contributed by atoms with Gasteiger partial charge in [0.1, 0.15) is 0 Å². The number of benzene rings is 1. The molecule has 1 aromatic carbocycles. The number of carboxylic acid groups (broad SMARTS) is 1. The number of hydrogen-bond donors (Lipinski definition) is 1. The minimum Gasteiger partial charge on any atom is -0.481 e. The number of aromatic nitrogens is 2. The second-order valence-corrected chi connectivity index (χ2v) is 5.84. The lowest BCUT2D eigenvalue weighted by atomic mass is 9.90. The van der Waals surface area contributed by atoms with Crippen LogP contribution < -0.4 is 0 Å². The summed E-state index contributed by atoms with van der Waals surface area (Å²) in [6, 6.07) is 9.00. The van der Waals surface area contributed by atoms with Crippen LogP contribution in [0.1, 0.15) is 23.7 Å². The quantitative estimate of drug-likeness (QED) is 0.938. The number of hydrogen-bond acceptors (Lipinski definition) is 3. The van der Waals surface area contributed by atoms with E-state index in [0.29, 0.717) is 18.5 Å². The Morgan fingerprint density at radius 1 is 1.32 bits per heavy atom. The van der Waals surface area contributed by atoms with E-state index in [9.17, 15) is 14.7 Å². The van der Waals surface area contributed by atoms with Gasteiger partial charge in [-0.05, 0) is 37.6 Å². The first kappa shape index (κ1) is 14.3. The standard InChI is InChI=1S/C16H17N3O3/c1-16(15(21)22)6-9-18(11-16)14(20)12-4-2-5-13(10-12)19-8-3-7-17-19/h2-5,7-8,10H,6,9,11H2,1H3,(H,21,22)/t16-/m0/s1. The van der Waals surface area contributed by atoms with E-state index in [0.717, 1.165) is 5.69 Å². The van der Waals surface area contributed by atoms with Crippen molar-refractivity contribution >= 4 is 11.9 Å². The van der Waals surface area contributed by atoms with E-state index < -0.39 is 11.4 Å². The van der Waals surface area contributed by atoms with Gasteiger partial charge in [0.2, 0.25) is 0 Å². The summed E-state index contributed by atoms with van der Waals surface area (Å²) < 4.78 is 1.68. The van der Waals surface area contributed by atoms with Gasteiger partial charge in [-0.1, -0.05) is 6.07 Å². The maximum absolute atomic E-state index is 12.6. The van der Waals surface area contributed by atoms with Crippen molar-refractivity contribution in [2.24, 2.45) is 5.41 Å². The molecule has 0 bridgehead atoms. The smallest absolute Gasteiger partial charge is 0.311 e. The second kappa shape index (κ2) is 5.29. The number of carboxylic acids is 1. The largest absolute Gasteiger partial charge is 0.481 e. The van der Waals surface area contributed by atoms with Crippen LogP contribution in [0.4, 0.5) is 0 Å². The van der Waals surface area contributed by atoms with Crippen LogP contribution in [-0.4, -0.2) is 44.8 Å². The third kappa shape index (κ3) is 2.47.